The molecule has 1 aliphatic heterocycles. The zero-order chi connectivity index (χ0) is 13.8. The van der Waals surface area contributed by atoms with Gasteiger partial charge in [0.15, 0.2) is 0 Å². The van der Waals surface area contributed by atoms with Crippen LogP contribution in [-0.2, 0) is 11.3 Å². The maximum absolute atomic E-state index is 11.9. The highest BCUT2D eigenvalue weighted by Crippen LogP contribution is 2.24. The first-order valence-corrected chi connectivity index (χ1v) is 6.20. The summed E-state index contributed by atoms with van der Waals surface area (Å²) in [6.07, 6.45) is 7.47. The standard InChI is InChI=1S/C17H17NO/c1-4-14-10-11-15-8-6-7-9-16(15)12-18(13(3)19)17(14)5-2/h4-11H,1-2,12H2,3H3/b11-10-,17-14-. The average Bonchev–Trinajstić information content (AvgIpc) is 2.39. The van der Waals surface area contributed by atoms with Gasteiger partial charge in [0.2, 0.25) is 5.91 Å². The average molecular weight is 251 g/mol. The van der Waals surface area contributed by atoms with Crippen molar-refractivity contribution in [2.75, 3.05) is 0 Å². The Bertz CT molecular complexity index is 593. The Hall–Kier alpha value is -2.35. The van der Waals surface area contributed by atoms with Gasteiger partial charge in [0.25, 0.3) is 0 Å². The monoisotopic (exact) mass is 251 g/mol. The minimum Gasteiger partial charge on any atom is -0.308 e. The van der Waals surface area contributed by atoms with Crippen LogP contribution in [0.4, 0.5) is 0 Å². The predicted molar refractivity (Wildman–Crippen MR) is 79.1 cm³/mol. The molecule has 0 aliphatic carbocycles. The highest BCUT2D eigenvalue weighted by molar-refractivity contribution is 5.77. The maximum atomic E-state index is 11.9. The molecule has 1 aliphatic rings. The largest absolute Gasteiger partial charge is 0.308 e. The van der Waals surface area contributed by atoms with Crippen molar-refractivity contribution in [2.45, 2.75) is 13.5 Å². The lowest BCUT2D eigenvalue weighted by Gasteiger charge is -2.26. The predicted octanol–water partition coefficient (Wildman–Crippen LogP) is 3.69. The number of hydrogen-bond acceptors (Lipinski definition) is 1. The summed E-state index contributed by atoms with van der Waals surface area (Å²) in [6.45, 7) is 9.74. The first-order valence-electron chi connectivity index (χ1n) is 6.20. The summed E-state index contributed by atoms with van der Waals surface area (Å²) >= 11 is 0. The van der Waals surface area contributed by atoms with E-state index in [1.54, 1.807) is 24.0 Å². The van der Waals surface area contributed by atoms with Crippen LogP contribution >= 0.6 is 0 Å². The second-order valence-electron chi connectivity index (χ2n) is 4.39. The summed E-state index contributed by atoms with van der Waals surface area (Å²) in [5, 5.41) is 0. The fraction of sp³-hybridized carbons (Fsp3) is 0.118. The third kappa shape index (κ3) is 2.58. The lowest BCUT2D eigenvalue weighted by atomic mass is 10.0. The molecule has 0 aromatic heterocycles. The molecule has 0 spiro atoms. The lowest BCUT2D eigenvalue weighted by Crippen LogP contribution is -2.28. The van der Waals surface area contributed by atoms with Gasteiger partial charge in [-0.3, -0.25) is 4.79 Å². The second-order valence-corrected chi connectivity index (χ2v) is 4.39. The number of allylic oxidation sites excluding steroid dienone is 4. The SMILES string of the molecule is C=CC1=C(\C=C)N(C(C)=O)Cc2ccccc2/C=C\1. The van der Waals surface area contributed by atoms with Crippen LogP contribution in [0.3, 0.4) is 0 Å². The van der Waals surface area contributed by atoms with E-state index < -0.39 is 0 Å². The van der Waals surface area contributed by atoms with E-state index in [-0.39, 0.29) is 5.91 Å². The van der Waals surface area contributed by atoms with E-state index in [0.29, 0.717) is 6.54 Å². The minimum absolute atomic E-state index is 0.000599. The van der Waals surface area contributed by atoms with Crippen molar-refractivity contribution >= 4 is 12.0 Å². The number of carbonyl (C=O) groups excluding carboxylic acids is 1. The number of rotatable bonds is 2. The van der Waals surface area contributed by atoms with Gasteiger partial charge in [-0.1, -0.05) is 55.7 Å². The van der Waals surface area contributed by atoms with Crippen molar-refractivity contribution in [1.29, 1.82) is 0 Å². The Kier molecular flexibility index (Phi) is 3.81. The number of nitrogens with zero attached hydrogens (tertiary/aromatic N) is 1. The molecule has 0 atom stereocenters. The van der Waals surface area contributed by atoms with Crippen molar-refractivity contribution in [2.24, 2.45) is 0 Å². The zero-order valence-electron chi connectivity index (χ0n) is 11.1. The van der Waals surface area contributed by atoms with Crippen LogP contribution in [0.15, 0.2) is 66.9 Å². The molecule has 1 amide bonds. The third-order valence-corrected chi connectivity index (χ3v) is 3.21. The molecule has 0 saturated heterocycles. The van der Waals surface area contributed by atoms with E-state index in [0.717, 1.165) is 22.4 Å². The molecular formula is C17H17NO. The molecule has 0 unspecified atom stereocenters. The molecule has 96 valence electrons. The number of carbonyl (C=O) groups is 1. The Morgan fingerprint density at radius 2 is 1.95 bits per heavy atom. The van der Waals surface area contributed by atoms with Crippen LogP contribution in [0, 0.1) is 0 Å². The summed E-state index contributed by atoms with van der Waals surface area (Å²) in [4.78, 5) is 13.6. The fourth-order valence-electron chi connectivity index (χ4n) is 2.20. The summed E-state index contributed by atoms with van der Waals surface area (Å²) < 4.78 is 0. The van der Waals surface area contributed by atoms with E-state index in [2.05, 4.69) is 13.2 Å². The van der Waals surface area contributed by atoms with Crippen LogP contribution in [0.2, 0.25) is 0 Å². The van der Waals surface area contributed by atoms with Gasteiger partial charge in [0.05, 0.1) is 12.2 Å². The molecule has 2 nitrogen and oxygen atoms in total. The number of amides is 1. The van der Waals surface area contributed by atoms with Gasteiger partial charge in [-0.2, -0.15) is 0 Å². The van der Waals surface area contributed by atoms with Gasteiger partial charge in [0, 0.05) is 6.92 Å². The quantitative estimate of drug-likeness (QED) is 0.785. The third-order valence-electron chi connectivity index (χ3n) is 3.21. The normalized spacial score (nSPS) is 19.9. The molecule has 19 heavy (non-hydrogen) atoms. The van der Waals surface area contributed by atoms with Crippen LogP contribution < -0.4 is 0 Å². The van der Waals surface area contributed by atoms with E-state index in [9.17, 15) is 4.79 Å². The Morgan fingerprint density at radius 1 is 1.21 bits per heavy atom. The van der Waals surface area contributed by atoms with Gasteiger partial charge >= 0.3 is 0 Å². The van der Waals surface area contributed by atoms with Gasteiger partial charge in [-0.15, -0.1) is 0 Å². The molecular weight excluding hydrogens is 234 g/mol. The molecule has 2 heteroatoms. The van der Waals surface area contributed by atoms with Crippen molar-refractivity contribution in [3.05, 3.63) is 78.0 Å². The van der Waals surface area contributed by atoms with Gasteiger partial charge in [-0.05, 0) is 22.8 Å². The summed E-state index contributed by atoms with van der Waals surface area (Å²) in [6, 6.07) is 8.06. The van der Waals surface area contributed by atoms with Crippen LogP contribution in [0.5, 0.6) is 0 Å². The van der Waals surface area contributed by atoms with Crippen molar-refractivity contribution in [3.8, 4) is 0 Å². The van der Waals surface area contributed by atoms with E-state index in [1.165, 1.54) is 0 Å². The van der Waals surface area contributed by atoms with Crippen LogP contribution in [0.25, 0.3) is 6.08 Å². The van der Waals surface area contributed by atoms with Crippen LogP contribution in [-0.4, -0.2) is 10.8 Å². The summed E-state index contributed by atoms with van der Waals surface area (Å²) in [5.41, 5.74) is 3.94. The van der Waals surface area contributed by atoms with E-state index in [4.69, 9.17) is 0 Å². The number of fused-ring (bicyclic) bond motifs is 1. The zero-order valence-corrected chi connectivity index (χ0v) is 11.1. The minimum atomic E-state index is -0.000599. The molecule has 1 aromatic rings. The molecule has 0 radical (unpaired) electrons. The Balaban J connectivity index is 2.63. The molecule has 0 bridgehead atoms. The molecule has 1 aromatic carbocycles. The summed E-state index contributed by atoms with van der Waals surface area (Å²) in [7, 11) is 0. The van der Waals surface area contributed by atoms with Gasteiger partial charge < -0.3 is 4.90 Å². The maximum Gasteiger partial charge on any atom is 0.224 e. The van der Waals surface area contributed by atoms with Crippen LogP contribution in [0.1, 0.15) is 18.1 Å². The molecule has 1 heterocycles. The highest BCUT2D eigenvalue weighted by Gasteiger charge is 2.17. The molecule has 0 N–H and O–H groups in total. The van der Waals surface area contributed by atoms with E-state index in [1.807, 2.05) is 36.4 Å². The van der Waals surface area contributed by atoms with Gasteiger partial charge in [-0.25, -0.2) is 0 Å². The fourth-order valence-corrected chi connectivity index (χ4v) is 2.20. The summed E-state index contributed by atoms with van der Waals surface area (Å²) in [5.74, 6) is -0.000599. The smallest absolute Gasteiger partial charge is 0.224 e. The molecule has 2 rings (SSSR count). The number of benzene rings is 1. The molecule has 0 saturated carbocycles. The highest BCUT2D eigenvalue weighted by atomic mass is 16.2. The number of hydrogen-bond donors (Lipinski definition) is 0. The first kappa shape index (κ1) is 13.1. The van der Waals surface area contributed by atoms with Crippen molar-refractivity contribution in [3.63, 3.8) is 0 Å². The first-order chi connectivity index (χ1) is 9.17. The topological polar surface area (TPSA) is 20.3 Å². The Morgan fingerprint density at radius 3 is 2.58 bits per heavy atom. The van der Waals surface area contributed by atoms with Crippen molar-refractivity contribution in [1.82, 2.24) is 4.90 Å². The Labute approximate surface area is 114 Å². The molecule has 0 fully saturated rings. The van der Waals surface area contributed by atoms with Crippen molar-refractivity contribution < 1.29 is 4.79 Å². The second kappa shape index (κ2) is 5.53. The van der Waals surface area contributed by atoms with Gasteiger partial charge in [0.1, 0.15) is 0 Å². The van der Waals surface area contributed by atoms with E-state index >= 15 is 0 Å². The lowest BCUT2D eigenvalue weighted by molar-refractivity contribution is -0.127.